The first-order valence-corrected chi connectivity index (χ1v) is 7.33. The molecule has 0 saturated heterocycles. The van der Waals surface area contributed by atoms with E-state index in [1.165, 1.54) is 6.42 Å². The van der Waals surface area contributed by atoms with Crippen molar-refractivity contribution in [2.45, 2.75) is 54.1 Å². The smallest absolute Gasteiger partial charge is 0.0982 e. The van der Waals surface area contributed by atoms with E-state index in [9.17, 15) is 0 Å². The van der Waals surface area contributed by atoms with Crippen LogP contribution in [-0.4, -0.2) is 6.10 Å². The van der Waals surface area contributed by atoms with Gasteiger partial charge in [-0.25, -0.2) is 0 Å². The quantitative estimate of drug-likeness (QED) is 0.490. The number of rotatable bonds is 5. The molecule has 0 heterocycles. The van der Waals surface area contributed by atoms with Crippen molar-refractivity contribution in [1.82, 2.24) is 0 Å². The topological polar surface area (TPSA) is 9.23 Å². The molecule has 0 spiro atoms. The average molecular weight is 250 g/mol. The Morgan fingerprint density at radius 1 is 1.28 bits per heavy atom. The van der Waals surface area contributed by atoms with E-state index in [0.717, 1.165) is 17.6 Å². The Balaban J connectivity index is 2.65. The summed E-state index contributed by atoms with van der Waals surface area (Å²) in [7, 11) is 0. The third-order valence-electron chi connectivity index (χ3n) is 4.98. The molecule has 1 aliphatic rings. The molecule has 0 saturated carbocycles. The Morgan fingerprint density at radius 3 is 2.44 bits per heavy atom. The van der Waals surface area contributed by atoms with Crippen LogP contribution >= 0.6 is 0 Å². The van der Waals surface area contributed by atoms with Crippen molar-refractivity contribution < 1.29 is 4.74 Å². The van der Waals surface area contributed by atoms with Crippen molar-refractivity contribution >= 4 is 0 Å². The van der Waals surface area contributed by atoms with Crippen molar-refractivity contribution in [3.8, 4) is 0 Å². The van der Waals surface area contributed by atoms with Crippen molar-refractivity contribution in [3.63, 3.8) is 0 Å². The molecule has 0 aromatic rings. The molecule has 0 radical (unpaired) electrons. The monoisotopic (exact) mass is 250 g/mol. The van der Waals surface area contributed by atoms with Gasteiger partial charge in [0.1, 0.15) is 0 Å². The summed E-state index contributed by atoms with van der Waals surface area (Å²) in [6, 6.07) is 0. The van der Waals surface area contributed by atoms with E-state index < -0.39 is 0 Å². The zero-order chi connectivity index (χ0) is 13.9. The standard InChI is InChI=1S/C17H30O/c1-11(2)18-16(7)14(5)15(6)17-10-8-9-12(3)13(17)4/h8-9,12-17H,1,10H2,2-7H3. The van der Waals surface area contributed by atoms with Crippen LogP contribution in [0.3, 0.4) is 0 Å². The van der Waals surface area contributed by atoms with Crippen LogP contribution in [0, 0.1) is 29.6 Å². The van der Waals surface area contributed by atoms with Gasteiger partial charge in [-0.3, -0.25) is 0 Å². The molecule has 0 aliphatic heterocycles. The molecule has 6 unspecified atom stereocenters. The Hall–Kier alpha value is -0.720. The first kappa shape index (κ1) is 15.3. The van der Waals surface area contributed by atoms with Crippen molar-refractivity contribution in [2.75, 3.05) is 0 Å². The second-order valence-electron chi connectivity index (χ2n) is 6.29. The van der Waals surface area contributed by atoms with Gasteiger partial charge in [-0.2, -0.15) is 0 Å². The van der Waals surface area contributed by atoms with Crippen LogP contribution in [0.2, 0.25) is 0 Å². The maximum Gasteiger partial charge on any atom is 0.0982 e. The highest BCUT2D eigenvalue weighted by Crippen LogP contribution is 2.39. The zero-order valence-electron chi connectivity index (χ0n) is 12.9. The minimum absolute atomic E-state index is 0.255. The molecule has 1 rings (SSSR count). The van der Waals surface area contributed by atoms with Crippen molar-refractivity contribution in [1.29, 1.82) is 0 Å². The Kier molecular flexibility index (Phi) is 5.49. The first-order valence-electron chi connectivity index (χ1n) is 7.33. The summed E-state index contributed by atoms with van der Waals surface area (Å²) < 4.78 is 5.77. The molecule has 1 heteroatoms. The zero-order valence-corrected chi connectivity index (χ0v) is 12.9. The van der Waals surface area contributed by atoms with Crippen molar-refractivity contribution in [2.24, 2.45) is 29.6 Å². The van der Waals surface area contributed by atoms with Gasteiger partial charge in [-0.15, -0.1) is 0 Å². The molecule has 0 N–H and O–H groups in total. The van der Waals surface area contributed by atoms with Gasteiger partial charge in [0, 0.05) is 0 Å². The third-order valence-corrected chi connectivity index (χ3v) is 4.98. The van der Waals surface area contributed by atoms with Gasteiger partial charge in [0.2, 0.25) is 0 Å². The summed E-state index contributed by atoms with van der Waals surface area (Å²) in [4.78, 5) is 0. The Labute approximate surface area is 113 Å². The van der Waals surface area contributed by atoms with Gasteiger partial charge >= 0.3 is 0 Å². The lowest BCUT2D eigenvalue weighted by Crippen LogP contribution is -2.34. The van der Waals surface area contributed by atoms with Gasteiger partial charge in [0.15, 0.2) is 0 Å². The van der Waals surface area contributed by atoms with Crippen LogP contribution in [0.15, 0.2) is 24.5 Å². The Bertz CT molecular complexity index is 305. The molecular weight excluding hydrogens is 220 g/mol. The fourth-order valence-corrected chi connectivity index (χ4v) is 3.17. The van der Waals surface area contributed by atoms with E-state index in [1.54, 1.807) is 0 Å². The summed E-state index contributed by atoms with van der Waals surface area (Å²) >= 11 is 0. The highest BCUT2D eigenvalue weighted by atomic mass is 16.5. The van der Waals surface area contributed by atoms with Crippen LogP contribution in [0.4, 0.5) is 0 Å². The van der Waals surface area contributed by atoms with E-state index in [1.807, 2.05) is 6.92 Å². The van der Waals surface area contributed by atoms with E-state index in [0.29, 0.717) is 17.8 Å². The largest absolute Gasteiger partial charge is 0.496 e. The normalized spacial score (nSPS) is 32.7. The van der Waals surface area contributed by atoms with E-state index in [2.05, 4.69) is 53.3 Å². The first-order chi connectivity index (χ1) is 8.34. The lowest BCUT2D eigenvalue weighted by Gasteiger charge is -2.39. The summed E-state index contributed by atoms with van der Waals surface area (Å²) in [5, 5.41) is 0. The fraction of sp³-hybridized carbons (Fsp3) is 0.765. The minimum Gasteiger partial charge on any atom is -0.496 e. The lowest BCUT2D eigenvalue weighted by atomic mass is 9.68. The number of hydrogen-bond acceptors (Lipinski definition) is 1. The van der Waals surface area contributed by atoms with Gasteiger partial charge in [-0.1, -0.05) is 46.4 Å². The molecule has 0 aromatic carbocycles. The third kappa shape index (κ3) is 3.63. The molecule has 104 valence electrons. The molecule has 0 fully saturated rings. The molecule has 1 nitrogen and oxygen atoms in total. The number of hydrogen-bond donors (Lipinski definition) is 0. The Morgan fingerprint density at radius 2 is 1.89 bits per heavy atom. The molecule has 0 amide bonds. The van der Waals surface area contributed by atoms with Crippen molar-refractivity contribution in [3.05, 3.63) is 24.5 Å². The van der Waals surface area contributed by atoms with Crippen LogP contribution < -0.4 is 0 Å². The molecule has 6 atom stereocenters. The van der Waals surface area contributed by atoms with Gasteiger partial charge in [0.05, 0.1) is 11.9 Å². The van der Waals surface area contributed by atoms with Gasteiger partial charge in [0.25, 0.3) is 0 Å². The summed E-state index contributed by atoms with van der Waals surface area (Å²) in [5.41, 5.74) is 0. The number of ether oxygens (including phenoxy) is 1. The SMILES string of the molecule is C=C(C)OC(C)C(C)C(C)C1CC=CC(C)C1C. The van der Waals surface area contributed by atoms with Gasteiger partial charge < -0.3 is 4.74 Å². The molecule has 1 aliphatic carbocycles. The maximum atomic E-state index is 5.77. The van der Waals surface area contributed by atoms with E-state index in [-0.39, 0.29) is 6.10 Å². The maximum absolute atomic E-state index is 5.77. The predicted octanol–water partition coefficient (Wildman–Crippen LogP) is 5.05. The van der Waals surface area contributed by atoms with Crippen LogP contribution in [0.1, 0.15) is 48.0 Å². The highest BCUT2D eigenvalue weighted by Gasteiger charge is 2.33. The number of allylic oxidation sites excluding steroid dienone is 3. The second-order valence-corrected chi connectivity index (χ2v) is 6.29. The van der Waals surface area contributed by atoms with Crippen LogP contribution in [0.5, 0.6) is 0 Å². The highest BCUT2D eigenvalue weighted by molar-refractivity contribution is 4.99. The average Bonchev–Trinajstić information content (AvgIpc) is 2.30. The lowest BCUT2D eigenvalue weighted by molar-refractivity contribution is 0.0353. The molecule has 0 bridgehead atoms. The minimum atomic E-state index is 0.255. The molecule has 18 heavy (non-hydrogen) atoms. The summed E-state index contributed by atoms with van der Waals surface area (Å²) in [6.07, 6.45) is 6.21. The second kappa shape index (κ2) is 6.45. The summed E-state index contributed by atoms with van der Waals surface area (Å²) in [6.45, 7) is 17.4. The summed E-state index contributed by atoms with van der Waals surface area (Å²) in [5.74, 6) is 4.32. The predicted molar refractivity (Wildman–Crippen MR) is 79.3 cm³/mol. The molecule has 0 aromatic heterocycles. The van der Waals surface area contributed by atoms with E-state index >= 15 is 0 Å². The molecular formula is C17H30O. The van der Waals surface area contributed by atoms with Crippen LogP contribution in [-0.2, 0) is 4.74 Å². The van der Waals surface area contributed by atoms with Crippen LogP contribution in [0.25, 0.3) is 0 Å². The van der Waals surface area contributed by atoms with Gasteiger partial charge in [-0.05, 0) is 49.9 Å². The van der Waals surface area contributed by atoms with E-state index in [4.69, 9.17) is 4.74 Å². The fourth-order valence-electron chi connectivity index (χ4n) is 3.17.